The highest BCUT2D eigenvalue weighted by atomic mass is 16.5. The molecule has 1 aliphatic rings. The van der Waals surface area contributed by atoms with Gasteiger partial charge in [-0.2, -0.15) is 10.2 Å². The molecule has 0 bridgehead atoms. The minimum absolute atomic E-state index is 0.228. The number of H-pyrrole nitrogens is 1. The maximum atomic E-state index is 5.53. The van der Waals surface area contributed by atoms with E-state index in [1.54, 1.807) is 11.6 Å². The summed E-state index contributed by atoms with van der Waals surface area (Å²) in [7, 11) is 3.81. The normalized spacial score (nSPS) is 15.7. The third kappa shape index (κ3) is 3.62. The van der Waals surface area contributed by atoms with Gasteiger partial charge in [0.05, 0.1) is 24.7 Å². The monoisotopic (exact) mass is 432 g/mol. The van der Waals surface area contributed by atoms with Crippen LogP contribution >= 0.6 is 0 Å². The molecule has 1 N–H and O–H groups in total. The van der Waals surface area contributed by atoms with Gasteiger partial charge in [0.1, 0.15) is 17.7 Å². The van der Waals surface area contributed by atoms with E-state index in [9.17, 15) is 0 Å². The van der Waals surface area contributed by atoms with Crippen LogP contribution in [0, 0.1) is 0 Å². The highest BCUT2D eigenvalue weighted by Gasteiger charge is 2.23. The van der Waals surface area contributed by atoms with Gasteiger partial charge < -0.3 is 9.64 Å². The quantitative estimate of drug-likeness (QED) is 0.515. The zero-order chi connectivity index (χ0) is 22.2. The first-order valence-electron chi connectivity index (χ1n) is 11.0. The number of aromatic nitrogens is 7. The van der Waals surface area contributed by atoms with Crippen LogP contribution in [-0.4, -0.2) is 66.9 Å². The van der Waals surface area contributed by atoms with Crippen molar-refractivity contribution in [3.8, 4) is 28.4 Å². The molecule has 9 heteroatoms. The fourth-order valence-electron chi connectivity index (χ4n) is 4.49. The van der Waals surface area contributed by atoms with Crippen LogP contribution in [0.3, 0.4) is 0 Å². The van der Waals surface area contributed by atoms with Gasteiger partial charge in [-0.3, -0.25) is 15.1 Å². The molecule has 9 nitrogen and oxygen atoms in total. The van der Waals surface area contributed by atoms with E-state index in [1.807, 2.05) is 24.7 Å². The van der Waals surface area contributed by atoms with Crippen molar-refractivity contribution in [3.05, 3.63) is 42.2 Å². The predicted octanol–water partition coefficient (Wildman–Crippen LogP) is 3.52. The summed E-state index contributed by atoms with van der Waals surface area (Å²) in [5.74, 6) is 1.37. The SMILES string of the molecule is COc1cc(-c2[nH]nc(-c3cnc(C4CCN(C)CC4)cn3)c2C(C)C)cn2ncnc12. The minimum Gasteiger partial charge on any atom is -0.493 e. The molecule has 0 amide bonds. The molecule has 0 aliphatic carbocycles. The summed E-state index contributed by atoms with van der Waals surface area (Å²) >= 11 is 0. The molecule has 5 rings (SSSR count). The number of rotatable bonds is 5. The number of aromatic amines is 1. The zero-order valence-corrected chi connectivity index (χ0v) is 18.9. The lowest BCUT2D eigenvalue weighted by molar-refractivity contribution is 0.253. The topological polar surface area (TPSA) is 97.1 Å². The number of ether oxygens (including phenoxy) is 1. The Morgan fingerprint density at radius 3 is 2.62 bits per heavy atom. The lowest BCUT2D eigenvalue weighted by Gasteiger charge is -2.28. The number of fused-ring (bicyclic) bond motifs is 1. The molecule has 0 aromatic carbocycles. The van der Waals surface area contributed by atoms with Gasteiger partial charge in [-0.15, -0.1) is 0 Å². The minimum atomic E-state index is 0.228. The number of nitrogens with zero attached hydrogens (tertiary/aromatic N) is 7. The van der Waals surface area contributed by atoms with E-state index in [-0.39, 0.29) is 5.92 Å². The van der Waals surface area contributed by atoms with Crippen LogP contribution in [0.1, 0.15) is 49.8 Å². The van der Waals surface area contributed by atoms with Crippen molar-refractivity contribution in [2.24, 2.45) is 0 Å². The fraction of sp³-hybridized carbons (Fsp3) is 0.435. The highest BCUT2D eigenvalue weighted by molar-refractivity contribution is 5.75. The Morgan fingerprint density at radius 1 is 1.12 bits per heavy atom. The molecule has 0 saturated carbocycles. The molecule has 0 radical (unpaired) electrons. The van der Waals surface area contributed by atoms with E-state index < -0.39 is 0 Å². The van der Waals surface area contributed by atoms with Crippen LogP contribution in [0.4, 0.5) is 0 Å². The molecule has 5 heterocycles. The van der Waals surface area contributed by atoms with Crippen molar-refractivity contribution in [2.45, 2.75) is 38.5 Å². The lowest BCUT2D eigenvalue weighted by atomic mass is 9.94. The van der Waals surface area contributed by atoms with Crippen LogP contribution in [0.25, 0.3) is 28.3 Å². The van der Waals surface area contributed by atoms with Crippen molar-refractivity contribution in [2.75, 3.05) is 27.2 Å². The number of likely N-dealkylation sites (tertiary alicyclic amines) is 1. The van der Waals surface area contributed by atoms with Crippen molar-refractivity contribution < 1.29 is 4.74 Å². The Bertz CT molecular complexity index is 1220. The third-order valence-electron chi connectivity index (χ3n) is 6.28. The first kappa shape index (κ1) is 20.6. The number of hydrogen-bond donors (Lipinski definition) is 1. The molecule has 0 spiro atoms. The molecule has 1 aliphatic heterocycles. The van der Waals surface area contributed by atoms with Crippen molar-refractivity contribution in [1.29, 1.82) is 0 Å². The van der Waals surface area contributed by atoms with Crippen LogP contribution in [0.15, 0.2) is 31.0 Å². The standard InChI is InChI=1S/C23H28N8O/c1-14(2)20-21(16-9-19(32-4)23-26-13-27-31(23)12-16)28-29-22(20)18-11-24-17(10-25-18)15-5-7-30(3)8-6-15/h9-15H,5-8H2,1-4H3,(H,28,29). The van der Waals surface area contributed by atoms with Gasteiger partial charge >= 0.3 is 0 Å². The highest BCUT2D eigenvalue weighted by Crippen LogP contribution is 2.36. The zero-order valence-electron chi connectivity index (χ0n) is 18.9. The molecule has 32 heavy (non-hydrogen) atoms. The Balaban J connectivity index is 1.51. The Kier molecular flexibility index (Phi) is 5.34. The summed E-state index contributed by atoms with van der Waals surface area (Å²) in [6.45, 7) is 6.52. The number of nitrogens with one attached hydrogen (secondary N) is 1. The predicted molar refractivity (Wildman–Crippen MR) is 122 cm³/mol. The molecule has 4 aromatic heterocycles. The summed E-state index contributed by atoms with van der Waals surface area (Å²) in [6, 6.07) is 1.96. The number of pyridine rings is 1. The second-order valence-electron chi connectivity index (χ2n) is 8.75. The van der Waals surface area contributed by atoms with E-state index in [1.165, 1.54) is 6.33 Å². The molecule has 4 aromatic rings. The molecule has 0 unspecified atom stereocenters. The molecule has 1 saturated heterocycles. The first-order chi connectivity index (χ1) is 15.5. The molecule has 0 atom stereocenters. The number of methoxy groups -OCH3 is 1. The summed E-state index contributed by atoms with van der Waals surface area (Å²) in [6.07, 6.45) is 9.49. The van der Waals surface area contributed by atoms with E-state index in [0.29, 0.717) is 17.3 Å². The van der Waals surface area contributed by atoms with Gasteiger partial charge in [0.15, 0.2) is 11.4 Å². The summed E-state index contributed by atoms with van der Waals surface area (Å²) < 4.78 is 7.25. The maximum absolute atomic E-state index is 5.53. The third-order valence-corrected chi connectivity index (χ3v) is 6.28. The van der Waals surface area contributed by atoms with Gasteiger partial charge in [0.25, 0.3) is 0 Å². The first-order valence-corrected chi connectivity index (χ1v) is 11.0. The van der Waals surface area contributed by atoms with Crippen LogP contribution in [0.5, 0.6) is 5.75 Å². The van der Waals surface area contributed by atoms with E-state index in [2.05, 4.69) is 46.1 Å². The van der Waals surface area contributed by atoms with Gasteiger partial charge in [-0.1, -0.05) is 13.8 Å². The second-order valence-corrected chi connectivity index (χ2v) is 8.75. The average molecular weight is 433 g/mol. The lowest BCUT2D eigenvalue weighted by Crippen LogP contribution is -2.29. The van der Waals surface area contributed by atoms with Crippen LogP contribution in [-0.2, 0) is 0 Å². The smallest absolute Gasteiger partial charge is 0.197 e. The van der Waals surface area contributed by atoms with E-state index >= 15 is 0 Å². The van der Waals surface area contributed by atoms with Gasteiger partial charge in [-0.05, 0) is 45.0 Å². The molecular formula is C23H28N8O. The molecular weight excluding hydrogens is 404 g/mol. The van der Waals surface area contributed by atoms with Crippen LogP contribution < -0.4 is 4.74 Å². The van der Waals surface area contributed by atoms with Gasteiger partial charge in [-0.25, -0.2) is 9.50 Å². The summed E-state index contributed by atoms with van der Waals surface area (Å²) in [4.78, 5) is 16.2. The van der Waals surface area contributed by atoms with E-state index in [4.69, 9.17) is 14.7 Å². The average Bonchev–Trinajstić information content (AvgIpc) is 3.46. The van der Waals surface area contributed by atoms with Gasteiger partial charge in [0, 0.05) is 29.4 Å². The maximum Gasteiger partial charge on any atom is 0.197 e. The Morgan fingerprint density at radius 2 is 1.94 bits per heavy atom. The molecule has 1 fully saturated rings. The number of hydrogen-bond acceptors (Lipinski definition) is 7. The number of piperidine rings is 1. The fourth-order valence-corrected chi connectivity index (χ4v) is 4.49. The molecule has 166 valence electrons. The van der Waals surface area contributed by atoms with Crippen molar-refractivity contribution in [1.82, 2.24) is 39.7 Å². The van der Waals surface area contributed by atoms with Crippen LogP contribution in [0.2, 0.25) is 0 Å². The summed E-state index contributed by atoms with van der Waals surface area (Å²) in [5, 5.41) is 12.1. The second kappa shape index (κ2) is 8.31. The summed E-state index contributed by atoms with van der Waals surface area (Å²) in [5.41, 5.74) is 6.30. The van der Waals surface area contributed by atoms with E-state index in [0.717, 1.165) is 59.8 Å². The van der Waals surface area contributed by atoms with Crippen molar-refractivity contribution >= 4 is 5.65 Å². The largest absolute Gasteiger partial charge is 0.493 e. The Hall–Kier alpha value is -3.33. The Labute approximate surface area is 186 Å². The van der Waals surface area contributed by atoms with Crippen molar-refractivity contribution in [3.63, 3.8) is 0 Å². The van der Waals surface area contributed by atoms with Gasteiger partial charge in [0.2, 0.25) is 0 Å².